The average molecular weight is 261 g/mol. The molecule has 19 heavy (non-hydrogen) atoms. The van der Waals surface area contributed by atoms with E-state index in [2.05, 4.69) is 10.2 Å². The fraction of sp³-hybridized carbons (Fsp3) is 0.462. The summed E-state index contributed by atoms with van der Waals surface area (Å²) in [6.07, 6.45) is 2.73. The lowest BCUT2D eigenvalue weighted by atomic mass is 9.96. The number of carbonyl (C=O) groups is 1. The van der Waals surface area contributed by atoms with Gasteiger partial charge in [0.15, 0.2) is 5.65 Å². The number of fused-ring (bicyclic) bond motifs is 1. The van der Waals surface area contributed by atoms with Crippen molar-refractivity contribution in [2.75, 3.05) is 13.2 Å². The molecule has 0 atom stereocenters. The van der Waals surface area contributed by atoms with Gasteiger partial charge in [0.1, 0.15) is 11.5 Å². The van der Waals surface area contributed by atoms with Crippen molar-refractivity contribution < 1.29 is 14.6 Å². The van der Waals surface area contributed by atoms with Crippen LogP contribution in [0.25, 0.3) is 5.65 Å². The summed E-state index contributed by atoms with van der Waals surface area (Å²) in [7, 11) is 0. The Hall–Kier alpha value is -1.95. The summed E-state index contributed by atoms with van der Waals surface area (Å²) in [4.78, 5) is 11.3. The Balaban J connectivity index is 1.96. The van der Waals surface area contributed by atoms with Crippen LogP contribution in [0.2, 0.25) is 0 Å². The minimum atomic E-state index is -0.960. The van der Waals surface area contributed by atoms with Crippen molar-refractivity contribution in [1.29, 1.82) is 0 Å². The number of aromatic carboxylic acids is 1. The number of rotatable bonds is 3. The predicted molar refractivity (Wildman–Crippen MR) is 67.2 cm³/mol. The smallest absolute Gasteiger partial charge is 0.352 e. The van der Waals surface area contributed by atoms with Crippen LogP contribution in [0.5, 0.6) is 0 Å². The maximum atomic E-state index is 11.3. The standard InChI is InChI=1S/C13H15N3O3/c17-13(18)10-2-1-3-11-14-15-12(16(10)11)8-9-4-6-19-7-5-9/h1-3,9H,4-8H2,(H,17,18). The summed E-state index contributed by atoms with van der Waals surface area (Å²) < 4.78 is 6.97. The van der Waals surface area contributed by atoms with Crippen LogP contribution in [-0.2, 0) is 11.2 Å². The molecule has 0 unspecified atom stereocenters. The molecule has 0 radical (unpaired) electrons. The van der Waals surface area contributed by atoms with Crippen LogP contribution < -0.4 is 0 Å². The fourth-order valence-electron chi connectivity index (χ4n) is 2.51. The molecule has 1 N–H and O–H groups in total. The van der Waals surface area contributed by atoms with E-state index in [0.717, 1.165) is 38.3 Å². The number of carboxylic acid groups (broad SMARTS) is 1. The molecule has 0 amide bonds. The van der Waals surface area contributed by atoms with Gasteiger partial charge in [0.25, 0.3) is 0 Å². The van der Waals surface area contributed by atoms with Crippen LogP contribution in [0.3, 0.4) is 0 Å². The summed E-state index contributed by atoms with van der Waals surface area (Å²) >= 11 is 0. The quantitative estimate of drug-likeness (QED) is 0.903. The van der Waals surface area contributed by atoms with Crippen LogP contribution in [0, 0.1) is 5.92 Å². The van der Waals surface area contributed by atoms with E-state index in [4.69, 9.17) is 4.74 Å². The van der Waals surface area contributed by atoms with Gasteiger partial charge >= 0.3 is 5.97 Å². The number of pyridine rings is 1. The Morgan fingerprint density at radius 3 is 2.89 bits per heavy atom. The van der Waals surface area contributed by atoms with Gasteiger partial charge in [-0.1, -0.05) is 6.07 Å². The molecular formula is C13H15N3O3. The Kier molecular flexibility index (Phi) is 3.16. The van der Waals surface area contributed by atoms with Crippen molar-refractivity contribution in [3.63, 3.8) is 0 Å². The normalized spacial score (nSPS) is 16.8. The van der Waals surface area contributed by atoms with Crippen molar-refractivity contribution in [3.8, 4) is 0 Å². The monoisotopic (exact) mass is 261 g/mol. The number of ether oxygens (including phenoxy) is 1. The van der Waals surface area contributed by atoms with Crippen LogP contribution in [0.15, 0.2) is 18.2 Å². The van der Waals surface area contributed by atoms with Gasteiger partial charge in [-0.2, -0.15) is 0 Å². The number of aromatic nitrogens is 3. The third-order valence-corrected chi connectivity index (χ3v) is 3.53. The van der Waals surface area contributed by atoms with Crippen LogP contribution in [-0.4, -0.2) is 38.9 Å². The summed E-state index contributed by atoms with van der Waals surface area (Å²) in [6.45, 7) is 1.54. The van der Waals surface area contributed by atoms with Gasteiger partial charge in [-0.15, -0.1) is 10.2 Å². The Labute approximate surface area is 110 Å². The van der Waals surface area contributed by atoms with E-state index in [1.165, 1.54) is 0 Å². The molecule has 1 aliphatic rings. The van der Waals surface area contributed by atoms with Crippen molar-refractivity contribution in [1.82, 2.24) is 14.6 Å². The molecule has 2 aromatic rings. The number of carboxylic acids is 1. The van der Waals surface area contributed by atoms with E-state index >= 15 is 0 Å². The van der Waals surface area contributed by atoms with E-state index in [0.29, 0.717) is 11.6 Å². The first kappa shape index (κ1) is 12.1. The highest BCUT2D eigenvalue weighted by atomic mass is 16.5. The molecule has 6 heteroatoms. The van der Waals surface area contributed by atoms with E-state index in [-0.39, 0.29) is 5.69 Å². The summed E-state index contributed by atoms with van der Waals surface area (Å²) in [6, 6.07) is 5.03. The highest BCUT2D eigenvalue weighted by Crippen LogP contribution is 2.20. The first-order chi connectivity index (χ1) is 9.25. The first-order valence-corrected chi connectivity index (χ1v) is 6.40. The first-order valence-electron chi connectivity index (χ1n) is 6.40. The largest absolute Gasteiger partial charge is 0.477 e. The van der Waals surface area contributed by atoms with E-state index < -0.39 is 5.97 Å². The topological polar surface area (TPSA) is 76.7 Å². The zero-order chi connectivity index (χ0) is 13.2. The molecule has 3 heterocycles. The molecule has 0 bridgehead atoms. The van der Waals surface area contributed by atoms with E-state index in [1.54, 1.807) is 22.6 Å². The summed E-state index contributed by atoms with van der Waals surface area (Å²) in [5.74, 6) is 0.251. The van der Waals surface area contributed by atoms with Gasteiger partial charge in [-0.05, 0) is 30.9 Å². The predicted octanol–water partition coefficient (Wildman–Crippen LogP) is 1.40. The Morgan fingerprint density at radius 2 is 2.16 bits per heavy atom. The maximum absolute atomic E-state index is 11.3. The molecular weight excluding hydrogens is 246 g/mol. The van der Waals surface area contributed by atoms with Crippen molar-refractivity contribution in [2.24, 2.45) is 5.92 Å². The van der Waals surface area contributed by atoms with Gasteiger partial charge in [-0.25, -0.2) is 4.79 Å². The average Bonchev–Trinajstić information content (AvgIpc) is 2.83. The highest BCUT2D eigenvalue weighted by molar-refractivity contribution is 5.86. The third-order valence-electron chi connectivity index (χ3n) is 3.53. The Bertz CT molecular complexity index is 602. The second kappa shape index (κ2) is 4.97. The summed E-state index contributed by atoms with van der Waals surface area (Å²) in [5, 5.41) is 17.4. The van der Waals surface area contributed by atoms with Crippen LogP contribution in [0.4, 0.5) is 0 Å². The lowest BCUT2D eigenvalue weighted by molar-refractivity contribution is 0.0653. The van der Waals surface area contributed by atoms with Crippen molar-refractivity contribution in [2.45, 2.75) is 19.3 Å². The zero-order valence-corrected chi connectivity index (χ0v) is 10.5. The SMILES string of the molecule is O=C(O)c1cccc2nnc(CC3CCOCC3)n12. The van der Waals surface area contributed by atoms with Gasteiger partial charge in [-0.3, -0.25) is 4.40 Å². The molecule has 0 saturated carbocycles. The number of hydrogen-bond acceptors (Lipinski definition) is 4. The molecule has 1 fully saturated rings. The lowest BCUT2D eigenvalue weighted by Gasteiger charge is -2.21. The molecule has 0 aromatic carbocycles. The number of hydrogen-bond donors (Lipinski definition) is 1. The minimum Gasteiger partial charge on any atom is -0.477 e. The lowest BCUT2D eigenvalue weighted by Crippen LogP contribution is -2.19. The number of nitrogens with zero attached hydrogens (tertiary/aromatic N) is 3. The summed E-state index contributed by atoms with van der Waals surface area (Å²) in [5.41, 5.74) is 0.798. The third kappa shape index (κ3) is 2.31. The highest BCUT2D eigenvalue weighted by Gasteiger charge is 2.19. The minimum absolute atomic E-state index is 0.213. The van der Waals surface area contributed by atoms with Gasteiger partial charge in [0.05, 0.1) is 0 Å². The van der Waals surface area contributed by atoms with Crippen LogP contribution >= 0.6 is 0 Å². The molecule has 0 aliphatic carbocycles. The molecule has 1 saturated heterocycles. The van der Waals surface area contributed by atoms with E-state index in [9.17, 15) is 9.90 Å². The molecule has 100 valence electrons. The molecule has 0 spiro atoms. The molecule has 6 nitrogen and oxygen atoms in total. The molecule has 2 aromatic heterocycles. The van der Waals surface area contributed by atoms with Gasteiger partial charge in [0.2, 0.25) is 0 Å². The van der Waals surface area contributed by atoms with Gasteiger partial charge < -0.3 is 9.84 Å². The molecule has 3 rings (SSSR count). The maximum Gasteiger partial charge on any atom is 0.352 e. The van der Waals surface area contributed by atoms with Gasteiger partial charge in [0, 0.05) is 19.6 Å². The van der Waals surface area contributed by atoms with Crippen molar-refractivity contribution in [3.05, 3.63) is 29.7 Å². The zero-order valence-electron chi connectivity index (χ0n) is 10.5. The fourth-order valence-corrected chi connectivity index (χ4v) is 2.51. The second-order valence-electron chi connectivity index (χ2n) is 4.79. The van der Waals surface area contributed by atoms with E-state index in [1.807, 2.05) is 0 Å². The Morgan fingerprint density at radius 1 is 1.37 bits per heavy atom. The van der Waals surface area contributed by atoms with Crippen LogP contribution in [0.1, 0.15) is 29.2 Å². The van der Waals surface area contributed by atoms with Crippen molar-refractivity contribution >= 4 is 11.6 Å². The second-order valence-corrected chi connectivity index (χ2v) is 4.79. The molecule has 1 aliphatic heterocycles.